The second-order valence-electron chi connectivity index (χ2n) is 5.20. The van der Waals surface area contributed by atoms with Crippen molar-refractivity contribution in [1.29, 1.82) is 0 Å². The second-order valence-corrected chi connectivity index (χ2v) is 5.20. The maximum absolute atomic E-state index is 13.0. The molecule has 1 aromatic rings. The molecule has 22 heavy (non-hydrogen) atoms. The van der Waals surface area contributed by atoms with Crippen LogP contribution in [0.1, 0.15) is 98.1 Å². The van der Waals surface area contributed by atoms with E-state index in [-0.39, 0.29) is 5.82 Å². The molecule has 0 saturated carbocycles. The molecule has 0 aliphatic carbocycles. The predicted octanol–water partition coefficient (Wildman–Crippen LogP) is 8.12. The maximum Gasteiger partial charge on any atom is 0.126 e. The highest BCUT2D eigenvalue weighted by atomic mass is 19.1. The highest BCUT2D eigenvalue weighted by Gasteiger charge is 1.99. The number of hydrogen-bond donors (Lipinski definition) is 0. The van der Waals surface area contributed by atoms with E-state index in [4.69, 9.17) is 0 Å². The molecule has 0 saturated heterocycles. The van der Waals surface area contributed by atoms with Gasteiger partial charge >= 0.3 is 0 Å². The van der Waals surface area contributed by atoms with E-state index in [1.54, 1.807) is 6.07 Å². The summed E-state index contributed by atoms with van der Waals surface area (Å²) in [5, 5.41) is 0. The largest absolute Gasteiger partial charge is 0.207 e. The Labute approximate surface area is 140 Å². The summed E-state index contributed by atoms with van der Waals surface area (Å²) in [4.78, 5) is 0. The molecule has 1 rings (SSSR count). The van der Waals surface area contributed by atoms with Crippen LogP contribution in [0, 0.1) is 12.7 Å². The molecule has 0 aliphatic heterocycles. The van der Waals surface area contributed by atoms with Crippen molar-refractivity contribution in [3.05, 3.63) is 35.1 Å². The van der Waals surface area contributed by atoms with Gasteiger partial charge in [0.05, 0.1) is 0 Å². The van der Waals surface area contributed by atoms with Crippen LogP contribution in [0.5, 0.6) is 0 Å². The van der Waals surface area contributed by atoms with Crippen molar-refractivity contribution in [2.75, 3.05) is 0 Å². The Bertz CT molecular complexity index is 301. The van der Waals surface area contributed by atoms with E-state index >= 15 is 0 Å². The summed E-state index contributed by atoms with van der Waals surface area (Å²) >= 11 is 0. The van der Waals surface area contributed by atoms with Crippen molar-refractivity contribution in [3.8, 4) is 0 Å². The molecule has 0 unspecified atom stereocenters. The van der Waals surface area contributed by atoms with Crippen molar-refractivity contribution in [2.24, 2.45) is 0 Å². The first-order chi connectivity index (χ1) is 10.6. The molecule has 0 fully saturated rings. The molecule has 0 radical (unpaired) electrons. The summed E-state index contributed by atoms with van der Waals surface area (Å²) < 4.78 is 13.0. The minimum absolute atomic E-state index is 0.0631. The molecular weight excluding hydrogens is 271 g/mol. The van der Waals surface area contributed by atoms with Crippen LogP contribution in [0.3, 0.4) is 0 Å². The lowest BCUT2D eigenvalue weighted by Gasteiger charge is -2.00. The third-order valence-electron chi connectivity index (χ3n) is 2.94. The van der Waals surface area contributed by atoms with Crippen LogP contribution >= 0.6 is 0 Å². The molecule has 0 bridgehead atoms. The lowest BCUT2D eigenvalue weighted by molar-refractivity contribution is 0.606. The molecule has 1 aromatic carbocycles. The summed E-state index contributed by atoms with van der Waals surface area (Å²) in [5.74, 6) is -0.0631. The van der Waals surface area contributed by atoms with Gasteiger partial charge in [-0.2, -0.15) is 0 Å². The lowest BCUT2D eigenvalue weighted by atomic mass is 10.1. The smallest absolute Gasteiger partial charge is 0.126 e. The van der Waals surface area contributed by atoms with Gasteiger partial charge in [-0.05, 0) is 30.5 Å². The second kappa shape index (κ2) is 22.4. The summed E-state index contributed by atoms with van der Waals surface area (Å²) in [5.41, 5.74) is 1.82. The molecule has 0 atom stereocenters. The van der Waals surface area contributed by atoms with Crippen LogP contribution in [0.25, 0.3) is 0 Å². The molecule has 0 amide bonds. The number of aryl methyl sites for hydroxylation is 2. The number of unbranched alkanes of at least 4 members (excludes halogenated alkanes) is 3. The fourth-order valence-corrected chi connectivity index (χ4v) is 1.48. The first kappa shape index (κ1) is 26.1. The van der Waals surface area contributed by atoms with Gasteiger partial charge in [-0.1, -0.05) is 99.1 Å². The Morgan fingerprint density at radius 3 is 1.55 bits per heavy atom. The van der Waals surface area contributed by atoms with Crippen molar-refractivity contribution in [2.45, 2.75) is 100 Å². The predicted molar refractivity (Wildman–Crippen MR) is 102 cm³/mol. The van der Waals surface area contributed by atoms with Crippen LogP contribution in [0.2, 0.25) is 0 Å². The Balaban J connectivity index is -0.000000276. The van der Waals surface area contributed by atoms with E-state index in [1.165, 1.54) is 32.1 Å². The van der Waals surface area contributed by atoms with Crippen molar-refractivity contribution in [3.63, 3.8) is 0 Å². The molecule has 0 aliphatic rings. The number of hydrogen-bond acceptors (Lipinski definition) is 0. The topological polar surface area (TPSA) is 0 Å². The summed E-state index contributed by atoms with van der Waals surface area (Å²) in [6, 6.07) is 5.41. The van der Waals surface area contributed by atoms with Crippen LogP contribution in [0.4, 0.5) is 4.39 Å². The van der Waals surface area contributed by atoms with Gasteiger partial charge in [0.1, 0.15) is 5.82 Å². The van der Waals surface area contributed by atoms with Crippen LogP contribution in [-0.2, 0) is 6.42 Å². The van der Waals surface area contributed by atoms with E-state index in [2.05, 4.69) is 34.6 Å². The average Bonchev–Trinajstić information content (AvgIpc) is 2.54. The first-order valence-electron chi connectivity index (χ1n) is 9.32. The maximum atomic E-state index is 13.0. The summed E-state index contributed by atoms with van der Waals surface area (Å²) in [6.45, 7) is 16.7. The lowest BCUT2D eigenvalue weighted by Crippen LogP contribution is -1.89. The SMILES string of the molecule is CC.CCCC.CCCCC.CCCc1ccc(C)cc1F. The molecule has 0 heterocycles. The fraction of sp³-hybridized carbons (Fsp3) is 0.714. The Hall–Kier alpha value is -0.850. The number of benzene rings is 1. The molecule has 0 N–H and O–H groups in total. The minimum Gasteiger partial charge on any atom is -0.207 e. The van der Waals surface area contributed by atoms with Gasteiger partial charge in [0, 0.05) is 0 Å². The van der Waals surface area contributed by atoms with Crippen molar-refractivity contribution in [1.82, 2.24) is 0 Å². The fourth-order valence-electron chi connectivity index (χ4n) is 1.48. The highest BCUT2D eigenvalue weighted by molar-refractivity contribution is 5.23. The van der Waals surface area contributed by atoms with Gasteiger partial charge in [-0.25, -0.2) is 4.39 Å². The van der Waals surface area contributed by atoms with Gasteiger partial charge in [0.15, 0.2) is 0 Å². The summed E-state index contributed by atoms with van der Waals surface area (Å²) in [7, 11) is 0. The van der Waals surface area contributed by atoms with Gasteiger partial charge in [-0.15, -0.1) is 0 Å². The van der Waals surface area contributed by atoms with Crippen LogP contribution < -0.4 is 0 Å². The van der Waals surface area contributed by atoms with Gasteiger partial charge in [-0.3, -0.25) is 0 Å². The van der Waals surface area contributed by atoms with Gasteiger partial charge in [0.25, 0.3) is 0 Å². The van der Waals surface area contributed by atoms with Gasteiger partial charge in [0.2, 0.25) is 0 Å². The van der Waals surface area contributed by atoms with Crippen molar-refractivity contribution >= 4 is 0 Å². The highest BCUT2D eigenvalue weighted by Crippen LogP contribution is 2.11. The van der Waals surface area contributed by atoms with Crippen LogP contribution in [-0.4, -0.2) is 0 Å². The van der Waals surface area contributed by atoms with E-state index in [0.717, 1.165) is 24.0 Å². The third kappa shape index (κ3) is 19.1. The third-order valence-corrected chi connectivity index (χ3v) is 2.94. The monoisotopic (exact) mass is 312 g/mol. The van der Waals surface area contributed by atoms with E-state index in [0.29, 0.717) is 0 Å². The zero-order chi connectivity index (χ0) is 17.8. The van der Waals surface area contributed by atoms with Crippen molar-refractivity contribution < 1.29 is 4.39 Å². The Morgan fingerprint density at radius 2 is 1.27 bits per heavy atom. The molecule has 0 nitrogen and oxygen atoms in total. The molecule has 0 spiro atoms. The Kier molecular flexibility index (Phi) is 26.6. The minimum atomic E-state index is -0.0631. The average molecular weight is 313 g/mol. The molecule has 0 aromatic heterocycles. The van der Waals surface area contributed by atoms with Gasteiger partial charge < -0.3 is 0 Å². The standard InChI is InChI=1S/C10H13F.C5H12.C4H10.C2H6/c1-3-4-9-6-5-8(2)7-10(9)11;1-3-5-4-2;1-3-4-2;1-2/h5-7H,3-4H2,1-2H3;3-5H2,1-2H3;3-4H2,1-2H3;1-2H3. The number of rotatable bonds is 5. The van der Waals surface area contributed by atoms with Crippen LogP contribution in [0.15, 0.2) is 18.2 Å². The molecular formula is C21H41F. The van der Waals surface area contributed by atoms with E-state index in [1.807, 2.05) is 32.9 Å². The molecule has 132 valence electrons. The van der Waals surface area contributed by atoms with E-state index in [9.17, 15) is 4.39 Å². The normalized spacial score (nSPS) is 8.59. The Morgan fingerprint density at radius 1 is 0.773 bits per heavy atom. The van der Waals surface area contributed by atoms with E-state index < -0.39 is 0 Å². The zero-order valence-corrected chi connectivity index (χ0v) is 16.6. The summed E-state index contributed by atoms with van der Waals surface area (Å²) in [6.07, 6.45) is 8.55. The number of halogens is 1. The zero-order valence-electron chi connectivity index (χ0n) is 16.6. The first-order valence-corrected chi connectivity index (χ1v) is 9.32. The molecule has 1 heteroatoms. The quantitative estimate of drug-likeness (QED) is 0.515.